The van der Waals surface area contributed by atoms with Crippen LogP contribution in [-0.2, 0) is 0 Å². The summed E-state index contributed by atoms with van der Waals surface area (Å²) in [5.41, 5.74) is 3.80. The predicted octanol–water partition coefficient (Wildman–Crippen LogP) is 4.82. The molecule has 0 radical (unpaired) electrons. The number of hydrogen-bond acceptors (Lipinski definition) is 5. The maximum atomic E-state index is 12.6. The molecule has 3 rings (SSSR count). The van der Waals surface area contributed by atoms with E-state index in [0.717, 1.165) is 22.5 Å². The molecule has 0 aliphatic rings. The van der Waals surface area contributed by atoms with E-state index in [-0.39, 0.29) is 5.78 Å². The molecule has 0 aliphatic heterocycles. The number of pyridine rings is 1. The van der Waals surface area contributed by atoms with Crippen LogP contribution < -0.4 is 5.32 Å². The van der Waals surface area contributed by atoms with Crippen LogP contribution in [0.1, 0.15) is 36.7 Å². The van der Waals surface area contributed by atoms with Gasteiger partial charge in [0.25, 0.3) is 0 Å². The fraction of sp³-hybridized carbons (Fsp3) is 0.238. The highest BCUT2D eigenvalue weighted by atomic mass is 16.1. The van der Waals surface area contributed by atoms with E-state index in [1.807, 2.05) is 64.1 Å². The molecule has 132 valence electrons. The summed E-state index contributed by atoms with van der Waals surface area (Å²) in [6.45, 7) is 7.74. The Morgan fingerprint density at radius 2 is 1.88 bits per heavy atom. The van der Waals surface area contributed by atoms with Crippen molar-refractivity contribution in [2.75, 3.05) is 5.32 Å². The van der Waals surface area contributed by atoms with Crippen LogP contribution in [0.4, 0.5) is 11.6 Å². The van der Waals surface area contributed by atoms with E-state index in [1.54, 1.807) is 18.6 Å². The number of hydrogen-bond donors (Lipinski definition) is 1. The number of aromatic nitrogens is 3. The minimum Gasteiger partial charge on any atom is -0.324 e. The second kappa shape index (κ2) is 7.04. The maximum Gasteiger partial charge on any atom is 0.227 e. The van der Waals surface area contributed by atoms with Crippen molar-refractivity contribution in [1.82, 2.24) is 15.0 Å². The van der Waals surface area contributed by atoms with Gasteiger partial charge in [-0.1, -0.05) is 32.9 Å². The van der Waals surface area contributed by atoms with Crippen LogP contribution in [0, 0.1) is 12.3 Å². The molecule has 1 aromatic carbocycles. The Labute approximate surface area is 153 Å². The Balaban J connectivity index is 1.91. The highest BCUT2D eigenvalue weighted by Gasteiger charge is 2.23. The first-order valence-electron chi connectivity index (χ1n) is 8.50. The number of anilines is 2. The summed E-state index contributed by atoms with van der Waals surface area (Å²) >= 11 is 0. The van der Waals surface area contributed by atoms with Crippen molar-refractivity contribution < 1.29 is 4.79 Å². The minimum atomic E-state index is -0.427. The van der Waals surface area contributed by atoms with Crippen LogP contribution >= 0.6 is 0 Å². The zero-order valence-electron chi connectivity index (χ0n) is 15.4. The van der Waals surface area contributed by atoms with E-state index in [1.165, 1.54) is 0 Å². The molecule has 0 spiro atoms. The second-order valence-electron chi connectivity index (χ2n) is 7.24. The fourth-order valence-corrected chi connectivity index (χ4v) is 2.55. The fourth-order valence-electron chi connectivity index (χ4n) is 2.55. The molecule has 2 heterocycles. The van der Waals surface area contributed by atoms with Gasteiger partial charge in [0.15, 0.2) is 5.78 Å². The average molecular weight is 346 g/mol. The third-order valence-corrected chi connectivity index (χ3v) is 4.04. The Bertz CT molecular complexity index is 930. The lowest BCUT2D eigenvalue weighted by atomic mass is 9.86. The second-order valence-corrected chi connectivity index (χ2v) is 7.24. The zero-order chi connectivity index (χ0) is 18.7. The average Bonchev–Trinajstić information content (AvgIpc) is 2.63. The van der Waals surface area contributed by atoms with Gasteiger partial charge in [-0.05, 0) is 36.8 Å². The van der Waals surface area contributed by atoms with Gasteiger partial charge in [-0.15, -0.1) is 0 Å². The van der Waals surface area contributed by atoms with Crippen LogP contribution in [-0.4, -0.2) is 20.7 Å². The summed E-state index contributed by atoms with van der Waals surface area (Å²) in [6, 6.07) is 11.3. The molecule has 3 aromatic rings. The normalized spacial score (nSPS) is 11.2. The monoisotopic (exact) mass is 346 g/mol. The number of ketones is 1. The predicted molar refractivity (Wildman–Crippen MR) is 104 cm³/mol. The molecule has 0 bridgehead atoms. The van der Waals surface area contributed by atoms with Crippen molar-refractivity contribution >= 4 is 17.4 Å². The van der Waals surface area contributed by atoms with Crippen LogP contribution in [0.3, 0.4) is 0 Å². The summed E-state index contributed by atoms with van der Waals surface area (Å²) in [7, 11) is 0. The topological polar surface area (TPSA) is 67.8 Å². The number of rotatable bonds is 4. The number of carbonyl (C=O) groups excluding carboxylic acids is 1. The molecule has 5 heteroatoms. The Kier molecular flexibility index (Phi) is 4.80. The SMILES string of the molecule is Cc1ccc(C(=O)C(C)(C)C)cc1Nc1nccc(-c2cccnc2)n1. The van der Waals surface area contributed by atoms with Gasteiger partial charge in [0, 0.05) is 40.8 Å². The van der Waals surface area contributed by atoms with Crippen molar-refractivity contribution in [3.63, 3.8) is 0 Å². The van der Waals surface area contributed by atoms with E-state index >= 15 is 0 Å². The molecule has 2 aromatic heterocycles. The molecule has 0 unspecified atom stereocenters. The first-order valence-corrected chi connectivity index (χ1v) is 8.50. The third kappa shape index (κ3) is 3.94. The van der Waals surface area contributed by atoms with E-state index in [0.29, 0.717) is 11.5 Å². The van der Waals surface area contributed by atoms with Gasteiger partial charge >= 0.3 is 0 Å². The summed E-state index contributed by atoms with van der Waals surface area (Å²) in [6.07, 6.45) is 5.20. The Morgan fingerprint density at radius 3 is 2.58 bits per heavy atom. The van der Waals surface area contributed by atoms with Crippen molar-refractivity contribution in [2.24, 2.45) is 5.41 Å². The van der Waals surface area contributed by atoms with Gasteiger partial charge in [-0.25, -0.2) is 9.97 Å². The van der Waals surface area contributed by atoms with Gasteiger partial charge in [-0.2, -0.15) is 0 Å². The standard InChI is InChI=1S/C21H22N4O/c1-14-7-8-15(19(26)21(2,3)4)12-18(14)25-20-23-11-9-17(24-20)16-6-5-10-22-13-16/h5-13H,1-4H3,(H,23,24,25). The van der Waals surface area contributed by atoms with Crippen molar-refractivity contribution in [3.8, 4) is 11.3 Å². The lowest BCUT2D eigenvalue weighted by molar-refractivity contribution is 0.0858. The number of Topliss-reactive ketones (excluding diaryl/α,β-unsaturated/α-hetero) is 1. The lowest BCUT2D eigenvalue weighted by Crippen LogP contribution is -2.20. The Hall–Kier alpha value is -3.08. The van der Waals surface area contributed by atoms with Crippen molar-refractivity contribution in [1.29, 1.82) is 0 Å². The van der Waals surface area contributed by atoms with E-state index in [9.17, 15) is 4.79 Å². The number of carbonyl (C=O) groups is 1. The molecule has 0 saturated heterocycles. The first-order chi connectivity index (χ1) is 12.3. The van der Waals surface area contributed by atoms with Gasteiger partial charge < -0.3 is 5.32 Å². The van der Waals surface area contributed by atoms with E-state index < -0.39 is 5.41 Å². The quantitative estimate of drug-likeness (QED) is 0.686. The zero-order valence-corrected chi connectivity index (χ0v) is 15.4. The highest BCUT2D eigenvalue weighted by Crippen LogP contribution is 2.26. The van der Waals surface area contributed by atoms with Gasteiger partial charge in [0.2, 0.25) is 5.95 Å². The van der Waals surface area contributed by atoms with Crippen LogP contribution in [0.2, 0.25) is 0 Å². The molecule has 0 saturated carbocycles. The summed E-state index contributed by atoms with van der Waals surface area (Å²) in [5, 5.41) is 3.23. The van der Waals surface area contributed by atoms with E-state index in [4.69, 9.17) is 0 Å². The summed E-state index contributed by atoms with van der Waals surface area (Å²) in [5.74, 6) is 0.584. The number of nitrogens with zero attached hydrogens (tertiary/aromatic N) is 3. The summed E-state index contributed by atoms with van der Waals surface area (Å²) < 4.78 is 0. The van der Waals surface area contributed by atoms with Gasteiger partial charge in [0.1, 0.15) is 0 Å². The van der Waals surface area contributed by atoms with E-state index in [2.05, 4.69) is 20.3 Å². The number of nitrogens with one attached hydrogen (secondary N) is 1. The van der Waals surface area contributed by atoms with Crippen LogP contribution in [0.5, 0.6) is 0 Å². The number of benzene rings is 1. The van der Waals surface area contributed by atoms with Gasteiger partial charge in [0.05, 0.1) is 5.69 Å². The van der Waals surface area contributed by atoms with Crippen molar-refractivity contribution in [3.05, 3.63) is 66.1 Å². The highest BCUT2D eigenvalue weighted by molar-refractivity contribution is 6.00. The van der Waals surface area contributed by atoms with Crippen LogP contribution in [0.25, 0.3) is 11.3 Å². The third-order valence-electron chi connectivity index (χ3n) is 4.04. The molecule has 0 fully saturated rings. The first kappa shape index (κ1) is 17.7. The van der Waals surface area contributed by atoms with Gasteiger partial charge in [-0.3, -0.25) is 9.78 Å². The maximum absolute atomic E-state index is 12.6. The van der Waals surface area contributed by atoms with Crippen LogP contribution in [0.15, 0.2) is 55.0 Å². The summed E-state index contributed by atoms with van der Waals surface area (Å²) in [4.78, 5) is 25.5. The largest absolute Gasteiger partial charge is 0.324 e. The molecular weight excluding hydrogens is 324 g/mol. The Morgan fingerprint density at radius 1 is 1.08 bits per heavy atom. The smallest absolute Gasteiger partial charge is 0.227 e. The molecule has 1 N–H and O–H groups in total. The number of aryl methyl sites for hydroxylation is 1. The molecule has 0 amide bonds. The molecule has 26 heavy (non-hydrogen) atoms. The lowest BCUT2D eigenvalue weighted by Gasteiger charge is -2.18. The van der Waals surface area contributed by atoms with Crippen molar-refractivity contribution in [2.45, 2.75) is 27.7 Å². The molecular formula is C21H22N4O. The molecule has 0 atom stereocenters. The molecule has 0 aliphatic carbocycles. The minimum absolute atomic E-state index is 0.102. The molecule has 5 nitrogen and oxygen atoms in total.